The molecule has 1 fully saturated rings. The number of hydrogen-bond acceptors (Lipinski definition) is 4. The fourth-order valence-electron chi connectivity index (χ4n) is 1.60. The number of ether oxygens (including phenoxy) is 1. The van der Waals surface area contributed by atoms with Crippen LogP contribution in [0.3, 0.4) is 0 Å². The molecule has 1 aliphatic carbocycles. The highest BCUT2D eigenvalue weighted by Gasteiger charge is 2.19. The molecule has 4 nitrogen and oxygen atoms in total. The predicted octanol–water partition coefficient (Wildman–Crippen LogP) is 1.70. The lowest BCUT2D eigenvalue weighted by Gasteiger charge is -2.20. The molecule has 0 radical (unpaired) electrons. The van der Waals surface area contributed by atoms with Gasteiger partial charge in [-0.15, -0.1) is 0 Å². The molecule has 0 bridgehead atoms. The Morgan fingerprint density at radius 3 is 2.93 bits per heavy atom. The first kappa shape index (κ1) is 9.40. The van der Waals surface area contributed by atoms with Crippen LogP contribution in [-0.4, -0.2) is 17.0 Å². The number of ketones is 1. The zero-order chi connectivity index (χ0) is 9.80. The van der Waals surface area contributed by atoms with Gasteiger partial charge in [-0.05, 0) is 12.8 Å². The lowest BCUT2D eigenvalue weighted by Crippen LogP contribution is -2.21. The van der Waals surface area contributed by atoms with Crippen LogP contribution in [0.2, 0.25) is 0 Å². The topological polar surface area (TPSA) is 52.3 Å². The normalized spacial score (nSPS) is 18.7. The molecule has 2 rings (SSSR count). The molecule has 4 heteroatoms. The highest BCUT2D eigenvalue weighted by molar-refractivity contribution is 5.79. The Balaban J connectivity index is 1.73. The summed E-state index contributed by atoms with van der Waals surface area (Å²) in [4.78, 5) is 11.0. The Morgan fingerprint density at radius 2 is 2.29 bits per heavy atom. The van der Waals surface area contributed by atoms with Crippen LogP contribution in [0.5, 0.6) is 0 Å². The van der Waals surface area contributed by atoms with Crippen LogP contribution in [0.4, 0.5) is 0 Å². The van der Waals surface area contributed by atoms with E-state index in [1.54, 1.807) is 12.3 Å². The van der Waals surface area contributed by atoms with Crippen LogP contribution < -0.4 is 0 Å². The van der Waals surface area contributed by atoms with E-state index < -0.39 is 0 Å². The number of hydrogen-bond donors (Lipinski definition) is 0. The summed E-state index contributed by atoms with van der Waals surface area (Å²) in [6.07, 6.45) is 4.79. The molecule has 1 aliphatic rings. The SMILES string of the molecule is O=C1CCC(OCc2ccno2)CC1. The van der Waals surface area contributed by atoms with Gasteiger partial charge in [-0.3, -0.25) is 4.79 Å². The van der Waals surface area contributed by atoms with E-state index >= 15 is 0 Å². The van der Waals surface area contributed by atoms with E-state index in [1.165, 1.54) is 0 Å². The summed E-state index contributed by atoms with van der Waals surface area (Å²) in [5, 5.41) is 3.59. The second-order valence-corrected chi connectivity index (χ2v) is 3.53. The molecular weight excluding hydrogens is 182 g/mol. The lowest BCUT2D eigenvalue weighted by molar-refractivity contribution is -0.123. The van der Waals surface area contributed by atoms with Gasteiger partial charge in [0.2, 0.25) is 0 Å². The smallest absolute Gasteiger partial charge is 0.162 e. The Morgan fingerprint density at radius 1 is 1.50 bits per heavy atom. The van der Waals surface area contributed by atoms with Crippen molar-refractivity contribution in [2.24, 2.45) is 0 Å². The molecule has 0 aliphatic heterocycles. The summed E-state index contributed by atoms with van der Waals surface area (Å²) in [5.74, 6) is 1.09. The molecule has 1 saturated carbocycles. The van der Waals surface area contributed by atoms with Crippen LogP contribution >= 0.6 is 0 Å². The molecule has 0 unspecified atom stereocenters. The first-order chi connectivity index (χ1) is 6.84. The van der Waals surface area contributed by atoms with Gasteiger partial charge in [0.05, 0.1) is 12.3 Å². The third kappa shape index (κ3) is 2.42. The van der Waals surface area contributed by atoms with Crippen molar-refractivity contribution in [3.63, 3.8) is 0 Å². The molecule has 1 aromatic heterocycles. The van der Waals surface area contributed by atoms with Gasteiger partial charge in [-0.1, -0.05) is 5.16 Å². The van der Waals surface area contributed by atoms with Crippen LogP contribution in [0, 0.1) is 0 Å². The summed E-state index contributed by atoms with van der Waals surface area (Å²) < 4.78 is 10.5. The van der Waals surface area contributed by atoms with Crippen molar-refractivity contribution in [1.29, 1.82) is 0 Å². The van der Waals surface area contributed by atoms with Gasteiger partial charge in [0.1, 0.15) is 12.4 Å². The summed E-state index contributed by atoms with van der Waals surface area (Å²) in [6, 6.07) is 1.79. The molecule has 14 heavy (non-hydrogen) atoms. The zero-order valence-electron chi connectivity index (χ0n) is 7.94. The van der Waals surface area contributed by atoms with Crippen molar-refractivity contribution in [1.82, 2.24) is 5.16 Å². The van der Waals surface area contributed by atoms with E-state index in [2.05, 4.69) is 5.16 Å². The molecule has 0 aromatic carbocycles. The summed E-state index contributed by atoms with van der Waals surface area (Å²) in [5.41, 5.74) is 0. The molecule has 0 N–H and O–H groups in total. The van der Waals surface area contributed by atoms with Gasteiger partial charge >= 0.3 is 0 Å². The Hall–Kier alpha value is -1.16. The fourth-order valence-corrected chi connectivity index (χ4v) is 1.60. The molecule has 1 heterocycles. The minimum absolute atomic E-state index is 0.206. The van der Waals surface area contributed by atoms with Crippen molar-refractivity contribution in [3.8, 4) is 0 Å². The average Bonchev–Trinajstić information content (AvgIpc) is 2.70. The van der Waals surface area contributed by atoms with E-state index in [0.717, 1.165) is 18.6 Å². The van der Waals surface area contributed by atoms with Crippen molar-refractivity contribution in [2.45, 2.75) is 38.4 Å². The van der Waals surface area contributed by atoms with E-state index in [9.17, 15) is 4.79 Å². The maximum Gasteiger partial charge on any atom is 0.162 e. The van der Waals surface area contributed by atoms with E-state index in [0.29, 0.717) is 25.2 Å². The second-order valence-electron chi connectivity index (χ2n) is 3.53. The van der Waals surface area contributed by atoms with Gasteiger partial charge in [0.15, 0.2) is 5.76 Å². The molecular formula is C10H13NO3. The maximum atomic E-state index is 11.0. The molecule has 0 atom stereocenters. The fraction of sp³-hybridized carbons (Fsp3) is 0.600. The van der Waals surface area contributed by atoms with Crippen LogP contribution in [0.15, 0.2) is 16.8 Å². The minimum Gasteiger partial charge on any atom is -0.370 e. The first-order valence-corrected chi connectivity index (χ1v) is 4.87. The number of carbonyl (C=O) groups is 1. The Bertz CT molecular complexity index is 284. The quantitative estimate of drug-likeness (QED) is 0.736. The van der Waals surface area contributed by atoms with Crippen molar-refractivity contribution < 1.29 is 14.1 Å². The van der Waals surface area contributed by atoms with E-state index in [4.69, 9.17) is 9.26 Å². The van der Waals surface area contributed by atoms with Gasteiger partial charge in [-0.2, -0.15) is 0 Å². The van der Waals surface area contributed by atoms with Gasteiger partial charge in [-0.25, -0.2) is 0 Å². The standard InChI is InChI=1S/C10H13NO3/c12-8-1-3-9(4-2-8)13-7-10-5-6-11-14-10/h5-6,9H,1-4,7H2. The molecule has 0 spiro atoms. The minimum atomic E-state index is 0.206. The highest BCUT2D eigenvalue weighted by atomic mass is 16.5. The number of aromatic nitrogens is 1. The third-order valence-corrected chi connectivity index (χ3v) is 2.44. The molecule has 76 valence electrons. The molecule has 1 aromatic rings. The largest absolute Gasteiger partial charge is 0.370 e. The van der Waals surface area contributed by atoms with Gasteiger partial charge in [0.25, 0.3) is 0 Å². The van der Waals surface area contributed by atoms with Crippen LogP contribution in [0.25, 0.3) is 0 Å². The predicted molar refractivity (Wildman–Crippen MR) is 48.6 cm³/mol. The van der Waals surface area contributed by atoms with Gasteiger partial charge < -0.3 is 9.26 Å². The summed E-state index contributed by atoms with van der Waals surface area (Å²) in [6.45, 7) is 0.457. The monoisotopic (exact) mass is 195 g/mol. The Kier molecular flexibility index (Phi) is 2.93. The second kappa shape index (κ2) is 4.37. The number of nitrogens with zero attached hydrogens (tertiary/aromatic N) is 1. The lowest BCUT2D eigenvalue weighted by atomic mass is 9.96. The van der Waals surface area contributed by atoms with E-state index in [1.807, 2.05) is 0 Å². The van der Waals surface area contributed by atoms with Crippen LogP contribution in [0.1, 0.15) is 31.4 Å². The van der Waals surface area contributed by atoms with Crippen molar-refractivity contribution in [3.05, 3.63) is 18.0 Å². The number of carbonyl (C=O) groups excluding carboxylic acids is 1. The maximum absolute atomic E-state index is 11.0. The summed E-state index contributed by atoms with van der Waals surface area (Å²) in [7, 11) is 0. The first-order valence-electron chi connectivity index (χ1n) is 4.87. The van der Waals surface area contributed by atoms with Crippen molar-refractivity contribution in [2.75, 3.05) is 0 Å². The molecule has 0 saturated heterocycles. The average molecular weight is 195 g/mol. The van der Waals surface area contributed by atoms with Gasteiger partial charge in [0, 0.05) is 18.9 Å². The summed E-state index contributed by atoms with van der Waals surface area (Å²) >= 11 is 0. The zero-order valence-corrected chi connectivity index (χ0v) is 7.94. The van der Waals surface area contributed by atoms with Crippen LogP contribution in [-0.2, 0) is 16.1 Å². The highest BCUT2D eigenvalue weighted by Crippen LogP contribution is 2.19. The third-order valence-electron chi connectivity index (χ3n) is 2.44. The Labute approximate surface area is 82.2 Å². The molecule has 0 amide bonds. The van der Waals surface area contributed by atoms with E-state index in [-0.39, 0.29) is 6.10 Å². The van der Waals surface area contributed by atoms with Crippen molar-refractivity contribution >= 4 is 5.78 Å². The number of Topliss-reactive ketones (excluding diaryl/α,β-unsaturated/α-hetero) is 1. The number of rotatable bonds is 3.